The van der Waals surface area contributed by atoms with Crippen LogP contribution < -0.4 is 16.4 Å². The van der Waals surface area contributed by atoms with Crippen molar-refractivity contribution in [3.8, 4) is 0 Å². The minimum Gasteiger partial charge on any atom is -0.371 e. The quantitative estimate of drug-likeness (QED) is 0.865. The van der Waals surface area contributed by atoms with E-state index in [4.69, 9.17) is 11.5 Å². The largest absolute Gasteiger partial charge is 0.416 e. The Morgan fingerprint density at radius 1 is 1.04 bits per heavy atom. The van der Waals surface area contributed by atoms with Gasteiger partial charge in [0.1, 0.15) is 0 Å². The first-order chi connectivity index (χ1) is 11.3. The molecule has 3 rings (SSSR count). The Bertz CT molecular complexity index is 558. The highest BCUT2D eigenvalue weighted by Crippen LogP contribution is 2.38. The van der Waals surface area contributed by atoms with E-state index >= 15 is 0 Å². The van der Waals surface area contributed by atoms with Crippen LogP contribution in [0.1, 0.15) is 44.1 Å². The van der Waals surface area contributed by atoms with Crippen LogP contribution in [-0.2, 0) is 6.18 Å². The van der Waals surface area contributed by atoms with Crippen molar-refractivity contribution in [1.29, 1.82) is 0 Å². The molecule has 0 bridgehead atoms. The van der Waals surface area contributed by atoms with Gasteiger partial charge in [-0.15, -0.1) is 0 Å². The monoisotopic (exact) mass is 341 g/mol. The molecule has 2 unspecified atom stereocenters. The molecule has 4 N–H and O–H groups in total. The maximum absolute atomic E-state index is 12.7. The molecule has 1 saturated carbocycles. The van der Waals surface area contributed by atoms with Crippen molar-refractivity contribution < 1.29 is 13.2 Å². The second-order valence-corrected chi connectivity index (χ2v) is 7.29. The van der Waals surface area contributed by atoms with Crippen molar-refractivity contribution in [3.05, 3.63) is 29.8 Å². The number of nitrogens with two attached hydrogens (primary N) is 2. The van der Waals surface area contributed by atoms with Gasteiger partial charge in [0.2, 0.25) is 0 Å². The molecule has 0 amide bonds. The molecule has 0 aromatic heterocycles. The highest BCUT2D eigenvalue weighted by Gasteiger charge is 2.43. The van der Waals surface area contributed by atoms with E-state index in [0.717, 1.165) is 69.4 Å². The van der Waals surface area contributed by atoms with Gasteiger partial charge in [-0.1, -0.05) is 12.8 Å². The van der Waals surface area contributed by atoms with Gasteiger partial charge in [-0.2, -0.15) is 13.2 Å². The summed E-state index contributed by atoms with van der Waals surface area (Å²) in [6.45, 7) is 1.63. The molecule has 3 nitrogen and oxygen atoms in total. The fourth-order valence-corrected chi connectivity index (χ4v) is 4.27. The van der Waals surface area contributed by atoms with Crippen molar-refractivity contribution in [1.82, 2.24) is 0 Å². The molecule has 1 aliphatic heterocycles. The third kappa shape index (κ3) is 3.40. The maximum atomic E-state index is 12.7. The first kappa shape index (κ1) is 17.5. The van der Waals surface area contributed by atoms with E-state index in [1.165, 1.54) is 0 Å². The minimum atomic E-state index is -4.29. The molecule has 0 spiro atoms. The number of rotatable bonds is 2. The van der Waals surface area contributed by atoms with Crippen LogP contribution in [0, 0.1) is 5.92 Å². The van der Waals surface area contributed by atoms with Gasteiger partial charge in [0.15, 0.2) is 0 Å². The summed E-state index contributed by atoms with van der Waals surface area (Å²) in [7, 11) is 0. The molecule has 134 valence electrons. The highest BCUT2D eigenvalue weighted by atomic mass is 19.4. The summed E-state index contributed by atoms with van der Waals surface area (Å²) >= 11 is 0. The Labute approximate surface area is 141 Å². The zero-order chi connectivity index (χ0) is 17.4. The summed E-state index contributed by atoms with van der Waals surface area (Å²) in [5.74, 6) is 0.295. The summed E-state index contributed by atoms with van der Waals surface area (Å²) in [6, 6.07) is 5.46. The average Bonchev–Trinajstić information content (AvgIpc) is 2.57. The Morgan fingerprint density at radius 2 is 1.75 bits per heavy atom. The van der Waals surface area contributed by atoms with Gasteiger partial charge in [-0.05, 0) is 55.9 Å². The molecular weight excluding hydrogens is 315 g/mol. The van der Waals surface area contributed by atoms with E-state index in [2.05, 4.69) is 4.90 Å². The van der Waals surface area contributed by atoms with Crippen LogP contribution in [0.2, 0.25) is 0 Å². The first-order valence-corrected chi connectivity index (χ1v) is 8.77. The van der Waals surface area contributed by atoms with Gasteiger partial charge in [0.25, 0.3) is 0 Å². The lowest BCUT2D eigenvalue weighted by Gasteiger charge is -2.49. The number of alkyl halides is 3. The third-order valence-electron chi connectivity index (χ3n) is 5.81. The summed E-state index contributed by atoms with van der Waals surface area (Å²) < 4.78 is 38.1. The van der Waals surface area contributed by atoms with Crippen LogP contribution in [0.25, 0.3) is 0 Å². The third-order valence-corrected chi connectivity index (χ3v) is 5.81. The van der Waals surface area contributed by atoms with Gasteiger partial charge >= 0.3 is 6.18 Å². The predicted octanol–water partition coefficient (Wildman–Crippen LogP) is 3.52. The summed E-state index contributed by atoms with van der Waals surface area (Å²) in [6.07, 6.45) is 1.90. The van der Waals surface area contributed by atoms with E-state index in [9.17, 15) is 13.2 Å². The smallest absolute Gasteiger partial charge is 0.371 e. The summed E-state index contributed by atoms with van der Waals surface area (Å²) in [5, 5.41) is 0. The van der Waals surface area contributed by atoms with Gasteiger partial charge in [-0.25, -0.2) is 0 Å². The van der Waals surface area contributed by atoms with Crippen LogP contribution in [0.4, 0.5) is 18.9 Å². The first-order valence-electron chi connectivity index (χ1n) is 8.77. The lowest BCUT2D eigenvalue weighted by Crippen LogP contribution is -2.64. The zero-order valence-corrected chi connectivity index (χ0v) is 13.9. The van der Waals surface area contributed by atoms with E-state index in [-0.39, 0.29) is 11.6 Å². The van der Waals surface area contributed by atoms with Gasteiger partial charge in [0, 0.05) is 30.4 Å². The van der Waals surface area contributed by atoms with Gasteiger partial charge in [-0.3, -0.25) is 0 Å². The lowest BCUT2D eigenvalue weighted by molar-refractivity contribution is -0.137. The van der Waals surface area contributed by atoms with Crippen molar-refractivity contribution in [2.24, 2.45) is 17.4 Å². The van der Waals surface area contributed by atoms with Gasteiger partial charge < -0.3 is 16.4 Å². The normalized spacial score (nSPS) is 32.0. The van der Waals surface area contributed by atoms with Crippen molar-refractivity contribution in [2.75, 3.05) is 18.0 Å². The molecule has 6 heteroatoms. The summed E-state index contributed by atoms with van der Waals surface area (Å²) in [5.41, 5.74) is 12.9. The van der Waals surface area contributed by atoms with Gasteiger partial charge in [0.05, 0.1) is 5.56 Å². The van der Waals surface area contributed by atoms with Crippen LogP contribution in [0.15, 0.2) is 24.3 Å². The predicted molar refractivity (Wildman–Crippen MR) is 89.7 cm³/mol. The van der Waals surface area contributed by atoms with Crippen LogP contribution in [-0.4, -0.2) is 24.7 Å². The molecule has 1 aliphatic carbocycles. The molecule has 1 aromatic carbocycles. The molecular formula is C18H26F3N3. The number of anilines is 1. The van der Waals surface area contributed by atoms with E-state index in [1.807, 2.05) is 0 Å². The van der Waals surface area contributed by atoms with Crippen LogP contribution in [0.5, 0.6) is 0 Å². The topological polar surface area (TPSA) is 55.3 Å². The number of piperidine rings is 1. The molecule has 2 aliphatic rings. The van der Waals surface area contributed by atoms with Crippen LogP contribution >= 0.6 is 0 Å². The van der Waals surface area contributed by atoms with Crippen molar-refractivity contribution >= 4 is 5.69 Å². The second kappa shape index (κ2) is 6.56. The molecule has 3 atom stereocenters. The SMILES string of the molecule is NC1CCCC[C@]1(N)C1CCCN(c2ccc(C(F)(F)F)cc2)C1. The Morgan fingerprint density at radius 3 is 2.38 bits per heavy atom. The number of hydrogen-bond acceptors (Lipinski definition) is 3. The number of hydrogen-bond donors (Lipinski definition) is 2. The maximum Gasteiger partial charge on any atom is 0.416 e. The highest BCUT2D eigenvalue weighted by molar-refractivity contribution is 5.48. The fraction of sp³-hybridized carbons (Fsp3) is 0.667. The molecule has 0 radical (unpaired) electrons. The number of halogens is 3. The second-order valence-electron chi connectivity index (χ2n) is 7.29. The van der Waals surface area contributed by atoms with Crippen molar-refractivity contribution in [3.63, 3.8) is 0 Å². The standard InChI is InChI=1S/C18H26F3N3/c19-18(20,21)13-6-8-15(9-7-13)24-11-3-4-14(12-24)17(23)10-2-1-5-16(17)22/h6-9,14,16H,1-5,10-12,22-23H2/t14?,16?,17-/m0/s1. The fourth-order valence-electron chi connectivity index (χ4n) is 4.27. The lowest BCUT2D eigenvalue weighted by atomic mass is 9.68. The zero-order valence-electron chi connectivity index (χ0n) is 13.9. The van der Waals surface area contributed by atoms with Crippen molar-refractivity contribution in [2.45, 2.75) is 56.3 Å². The summed E-state index contributed by atoms with van der Waals surface area (Å²) in [4.78, 5) is 2.16. The Kier molecular flexibility index (Phi) is 4.80. The Hall–Kier alpha value is -1.27. The number of nitrogens with zero attached hydrogens (tertiary/aromatic N) is 1. The van der Waals surface area contributed by atoms with Crippen LogP contribution in [0.3, 0.4) is 0 Å². The van der Waals surface area contributed by atoms with E-state index < -0.39 is 11.7 Å². The Balaban J connectivity index is 1.73. The van der Waals surface area contributed by atoms with E-state index in [0.29, 0.717) is 5.92 Å². The molecule has 1 aromatic rings. The van der Waals surface area contributed by atoms with E-state index in [1.54, 1.807) is 12.1 Å². The minimum absolute atomic E-state index is 0.0174. The molecule has 24 heavy (non-hydrogen) atoms. The number of benzene rings is 1. The molecule has 2 fully saturated rings. The average molecular weight is 341 g/mol. The molecule has 1 saturated heterocycles. The molecule has 1 heterocycles.